The summed E-state index contributed by atoms with van der Waals surface area (Å²) in [6.45, 7) is 8.08. The first kappa shape index (κ1) is 16.0. The van der Waals surface area contributed by atoms with E-state index in [2.05, 4.69) is 0 Å². The van der Waals surface area contributed by atoms with Gasteiger partial charge in [0.15, 0.2) is 5.88 Å². The maximum absolute atomic E-state index is 10.6. The van der Waals surface area contributed by atoms with Gasteiger partial charge in [0.1, 0.15) is 5.76 Å². The fraction of sp³-hybridized carbons (Fsp3) is 0.333. The van der Waals surface area contributed by atoms with E-state index >= 15 is 0 Å². The maximum Gasteiger partial charge on any atom is 0.289 e. The predicted molar refractivity (Wildman–Crippen MR) is 88.0 cm³/mol. The molecule has 2 rings (SSSR count). The van der Waals surface area contributed by atoms with Crippen molar-refractivity contribution < 1.29 is 14.9 Å². The summed E-state index contributed by atoms with van der Waals surface area (Å²) in [6, 6.07) is 0.297. The van der Waals surface area contributed by atoms with Gasteiger partial charge in [-0.1, -0.05) is 18.2 Å². The summed E-state index contributed by atoms with van der Waals surface area (Å²) < 4.78 is 5.53. The van der Waals surface area contributed by atoms with Gasteiger partial charge in [0.25, 0.3) is 5.95 Å². The lowest BCUT2D eigenvalue weighted by molar-refractivity contribution is 0.122. The van der Waals surface area contributed by atoms with Gasteiger partial charge < -0.3 is 19.8 Å². The van der Waals surface area contributed by atoms with Crippen molar-refractivity contribution in [2.45, 2.75) is 39.8 Å². The van der Waals surface area contributed by atoms with E-state index in [1.54, 1.807) is 30.4 Å². The molecule has 2 N–H and O–H groups in total. The van der Waals surface area contributed by atoms with Crippen LogP contribution in [-0.2, 0) is 4.74 Å². The molecule has 0 amide bonds. The van der Waals surface area contributed by atoms with Gasteiger partial charge in [-0.3, -0.25) is 0 Å². The Balaban J connectivity index is 2.27. The van der Waals surface area contributed by atoms with Gasteiger partial charge in [-0.25, -0.2) is 0 Å². The van der Waals surface area contributed by atoms with Crippen molar-refractivity contribution in [3.63, 3.8) is 0 Å². The van der Waals surface area contributed by atoms with Gasteiger partial charge in [0, 0.05) is 12.1 Å². The van der Waals surface area contributed by atoms with Crippen molar-refractivity contribution in [1.82, 2.24) is 4.90 Å². The standard InChI is InChI=1S/C18H23NO3/c1-12(2)19(13(3)4)17(20)15-10-7-11-16(15)22-18(21)14-8-5-6-9-14/h5-13,20-21H,1-4H3/b17-15-. The highest BCUT2D eigenvalue weighted by molar-refractivity contribution is 5.48. The van der Waals surface area contributed by atoms with Crippen LogP contribution in [0.25, 0.3) is 0 Å². The second-order valence-corrected chi connectivity index (χ2v) is 5.80. The van der Waals surface area contributed by atoms with Crippen LogP contribution in [0.15, 0.2) is 71.3 Å². The van der Waals surface area contributed by atoms with Crippen LogP contribution in [0.3, 0.4) is 0 Å². The first-order valence-electron chi connectivity index (χ1n) is 7.48. The number of aliphatic hydroxyl groups is 2. The Kier molecular flexibility index (Phi) is 4.81. The van der Waals surface area contributed by atoms with E-state index in [-0.39, 0.29) is 23.9 Å². The number of aliphatic hydroxyl groups excluding tert-OH is 2. The van der Waals surface area contributed by atoms with Crippen LogP contribution < -0.4 is 0 Å². The lowest BCUT2D eigenvalue weighted by Crippen LogP contribution is -2.37. The van der Waals surface area contributed by atoms with Gasteiger partial charge in [0.05, 0.1) is 11.1 Å². The Bertz CT molecular complexity index is 594. The molecule has 0 aromatic carbocycles. The predicted octanol–water partition coefficient (Wildman–Crippen LogP) is 4.24. The van der Waals surface area contributed by atoms with Gasteiger partial charge in [0.2, 0.25) is 0 Å². The number of rotatable bonds is 5. The average Bonchev–Trinajstić information content (AvgIpc) is 3.08. The number of allylic oxidation sites excluding steroid dienone is 8. The molecule has 0 saturated carbocycles. The Morgan fingerprint density at radius 3 is 2.09 bits per heavy atom. The van der Waals surface area contributed by atoms with Gasteiger partial charge in [-0.2, -0.15) is 0 Å². The molecule has 0 aromatic heterocycles. The SMILES string of the molecule is CC(C)N(/C(O)=C1\C=CC=C1OC(O)=C1C=CC=C1)C(C)C. The molecular formula is C18H23NO3. The summed E-state index contributed by atoms with van der Waals surface area (Å²) in [6.07, 6.45) is 12.5. The number of hydrogen-bond donors (Lipinski definition) is 2. The topological polar surface area (TPSA) is 52.9 Å². The molecule has 0 aromatic rings. The van der Waals surface area contributed by atoms with E-state index in [9.17, 15) is 10.2 Å². The van der Waals surface area contributed by atoms with Gasteiger partial charge in [-0.05, 0) is 52.0 Å². The fourth-order valence-corrected chi connectivity index (χ4v) is 2.58. The van der Waals surface area contributed by atoms with Crippen LogP contribution >= 0.6 is 0 Å². The molecule has 0 heterocycles. The van der Waals surface area contributed by atoms with E-state index in [1.165, 1.54) is 0 Å². The third kappa shape index (κ3) is 3.27. The minimum Gasteiger partial charge on any atom is -0.494 e. The molecule has 22 heavy (non-hydrogen) atoms. The molecule has 0 unspecified atom stereocenters. The highest BCUT2D eigenvalue weighted by Crippen LogP contribution is 2.28. The summed E-state index contributed by atoms with van der Waals surface area (Å²) in [5.74, 6) is 0.411. The third-order valence-corrected chi connectivity index (χ3v) is 3.49. The van der Waals surface area contributed by atoms with Gasteiger partial charge in [-0.15, -0.1) is 0 Å². The van der Waals surface area contributed by atoms with Crippen LogP contribution in [0.1, 0.15) is 27.7 Å². The maximum atomic E-state index is 10.6. The zero-order valence-electron chi connectivity index (χ0n) is 13.4. The summed E-state index contributed by atoms with van der Waals surface area (Å²) in [5, 5.41) is 20.6. The van der Waals surface area contributed by atoms with E-state index in [4.69, 9.17) is 4.74 Å². The molecule has 0 aliphatic heterocycles. The second-order valence-electron chi connectivity index (χ2n) is 5.80. The molecule has 0 spiro atoms. The Hall–Kier alpha value is -2.36. The number of hydrogen-bond acceptors (Lipinski definition) is 4. The van der Waals surface area contributed by atoms with Crippen LogP contribution in [0.4, 0.5) is 0 Å². The molecule has 2 aliphatic carbocycles. The molecule has 4 nitrogen and oxygen atoms in total. The zero-order chi connectivity index (χ0) is 16.3. The zero-order valence-corrected chi connectivity index (χ0v) is 13.4. The molecule has 0 fully saturated rings. The Labute approximate surface area is 131 Å². The van der Waals surface area contributed by atoms with Gasteiger partial charge >= 0.3 is 0 Å². The highest BCUT2D eigenvalue weighted by atomic mass is 16.6. The van der Waals surface area contributed by atoms with Crippen molar-refractivity contribution in [2.75, 3.05) is 0 Å². The second kappa shape index (κ2) is 6.60. The number of nitrogens with zero attached hydrogens (tertiary/aromatic N) is 1. The number of ether oxygens (including phenoxy) is 1. The summed E-state index contributed by atoms with van der Waals surface area (Å²) >= 11 is 0. The minimum absolute atomic E-state index is 0.149. The fourth-order valence-electron chi connectivity index (χ4n) is 2.58. The third-order valence-electron chi connectivity index (χ3n) is 3.49. The summed E-state index contributed by atoms with van der Waals surface area (Å²) in [4.78, 5) is 1.90. The van der Waals surface area contributed by atoms with Crippen molar-refractivity contribution in [3.05, 3.63) is 71.3 Å². The lowest BCUT2D eigenvalue weighted by Gasteiger charge is -2.32. The molecule has 118 valence electrons. The monoisotopic (exact) mass is 301 g/mol. The van der Waals surface area contributed by atoms with E-state index < -0.39 is 0 Å². The van der Waals surface area contributed by atoms with Crippen LogP contribution in [0.5, 0.6) is 0 Å². The van der Waals surface area contributed by atoms with E-state index in [0.29, 0.717) is 16.9 Å². The first-order valence-corrected chi connectivity index (χ1v) is 7.48. The average molecular weight is 301 g/mol. The Morgan fingerprint density at radius 1 is 0.955 bits per heavy atom. The van der Waals surface area contributed by atoms with E-state index in [1.807, 2.05) is 44.7 Å². The molecule has 0 radical (unpaired) electrons. The van der Waals surface area contributed by atoms with Crippen molar-refractivity contribution >= 4 is 0 Å². The molecule has 0 saturated heterocycles. The molecule has 4 heteroatoms. The van der Waals surface area contributed by atoms with Crippen molar-refractivity contribution in [3.8, 4) is 0 Å². The van der Waals surface area contributed by atoms with Crippen molar-refractivity contribution in [1.29, 1.82) is 0 Å². The largest absolute Gasteiger partial charge is 0.494 e. The molecule has 0 atom stereocenters. The Morgan fingerprint density at radius 2 is 1.55 bits per heavy atom. The van der Waals surface area contributed by atoms with E-state index in [0.717, 1.165) is 0 Å². The molecule has 2 aliphatic rings. The normalized spacial score (nSPS) is 18.5. The summed E-state index contributed by atoms with van der Waals surface area (Å²) in [7, 11) is 0. The molecular weight excluding hydrogens is 278 g/mol. The summed E-state index contributed by atoms with van der Waals surface area (Å²) in [5.41, 5.74) is 1.18. The van der Waals surface area contributed by atoms with Crippen LogP contribution in [0, 0.1) is 0 Å². The first-order chi connectivity index (χ1) is 10.4. The smallest absolute Gasteiger partial charge is 0.289 e. The minimum atomic E-state index is -0.175. The van der Waals surface area contributed by atoms with Crippen LogP contribution in [-0.4, -0.2) is 27.2 Å². The quantitative estimate of drug-likeness (QED) is 0.746. The van der Waals surface area contributed by atoms with Crippen LogP contribution in [0.2, 0.25) is 0 Å². The molecule has 0 bridgehead atoms. The lowest BCUT2D eigenvalue weighted by atomic mass is 10.2. The van der Waals surface area contributed by atoms with Crippen molar-refractivity contribution in [2.24, 2.45) is 0 Å². The highest BCUT2D eigenvalue weighted by Gasteiger charge is 2.23.